The minimum Gasteiger partial charge on any atom is -0.488 e. The van der Waals surface area contributed by atoms with Crippen LogP contribution in [0.4, 0.5) is 0 Å². The fourth-order valence-corrected chi connectivity index (χ4v) is 3.74. The summed E-state index contributed by atoms with van der Waals surface area (Å²) < 4.78 is 6.66. The van der Waals surface area contributed by atoms with Crippen LogP contribution in [-0.2, 0) is 11.4 Å². The first-order valence-electron chi connectivity index (χ1n) is 10.1. The number of nitrogens with one attached hydrogen (secondary N) is 1. The summed E-state index contributed by atoms with van der Waals surface area (Å²) >= 11 is 2.13. The van der Waals surface area contributed by atoms with E-state index in [1.54, 1.807) is 30.3 Å². The number of amides is 1. The number of nitrogens with zero attached hydrogens (tertiary/aromatic N) is 1. The van der Waals surface area contributed by atoms with Crippen molar-refractivity contribution in [3.8, 4) is 11.8 Å². The van der Waals surface area contributed by atoms with Crippen LogP contribution in [-0.4, -0.2) is 17.0 Å². The Bertz CT molecular complexity index is 1220. The average Bonchev–Trinajstić information content (AvgIpc) is 2.82. The molecular weight excluding hydrogens is 531 g/mol. The van der Waals surface area contributed by atoms with Gasteiger partial charge in [-0.3, -0.25) is 4.79 Å². The number of nitriles is 1. The molecule has 1 atom stereocenters. The molecule has 1 amide bonds. The molecule has 166 valence electrons. The molecule has 2 N–H and O–H groups in total. The highest BCUT2D eigenvalue weighted by atomic mass is 127. The van der Waals surface area contributed by atoms with Crippen LogP contribution in [0.1, 0.15) is 40.0 Å². The van der Waals surface area contributed by atoms with Crippen molar-refractivity contribution in [2.45, 2.75) is 19.6 Å². The lowest BCUT2D eigenvalue weighted by atomic mass is 10.1. The number of hydrogen-bond acceptors (Lipinski definition) is 4. The van der Waals surface area contributed by atoms with Gasteiger partial charge in [-0.2, -0.15) is 5.26 Å². The number of ether oxygens (including phenoxy) is 1. The smallest absolute Gasteiger partial charge is 0.335 e. The van der Waals surface area contributed by atoms with Gasteiger partial charge in [-0.25, -0.2) is 4.79 Å². The number of hydrogen-bond donors (Lipinski definition) is 2. The molecule has 33 heavy (non-hydrogen) atoms. The minimum absolute atomic E-state index is 0.0146. The monoisotopic (exact) mass is 552 g/mol. The Hall–Kier alpha value is -3.64. The van der Waals surface area contributed by atoms with E-state index in [-0.39, 0.29) is 23.8 Å². The largest absolute Gasteiger partial charge is 0.488 e. The Morgan fingerprint density at radius 1 is 1.12 bits per heavy atom. The maximum Gasteiger partial charge on any atom is 0.335 e. The molecule has 0 saturated heterocycles. The summed E-state index contributed by atoms with van der Waals surface area (Å²) in [6, 6.07) is 23.2. The van der Waals surface area contributed by atoms with Gasteiger partial charge < -0.3 is 15.2 Å². The number of halogens is 1. The molecular formula is C26H21IN2O4. The minimum atomic E-state index is -0.972. The molecule has 0 fully saturated rings. The standard InChI is InChI=1S/C26H21IN2O4/c1-17(20-5-3-2-4-6-20)29-25(30)22(15-28)13-19-9-12-24(23(27)14-19)33-16-18-7-10-21(11-8-18)26(31)32/h2-14,17H,16H2,1H3,(H,29,30)(H,31,32)/b22-13-/t17-/m0/s1. The van der Waals surface area contributed by atoms with Gasteiger partial charge in [0.25, 0.3) is 5.91 Å². The summed E-state index contributed by atoms with van der Waals surface area (Å²) in [4.78, 5) is 23.5. The lowest BCUT2D eigenvalue weighted by molar-refractivity contribution is -0.117. The van der Waals surface area contributed by atoms with Crippen molar-refractivity contribution in [2.24, 2.45) is 0 Å². The Kier molecular flexibility index (Phi) is 8.22. The van der Waals surface area contributed by atoms with E-state index < -0.39 is 11.9 Å². The van der Waals surface area contributed by atoms with Crippen LogP contribution in [0.15, 0.2) is 78.4 Å². The zero-order chi connectivity index (χ0) is 23.8. The zero-order valence-electron chi connectivity index (χ0n) is 17.8. The van der Waals surface area contributed by atoms with Crippen molar-refractivity contribution in [1.82, 2.24) is 5.32 Å². The van der Waals surface area contributed by atoms with Gasteiger partial charge in [0, 0.05) is 0 Å². The molecule has 7 heteroatoms. The van der Waals surface area contributed by atoms with E-state index in [1.807, 2.05) is 49.4 Å². The summed E-state index contributed by atoms with van der Waals surface area (Å²) in [7, 11) is 0. The van der Waals surface area contributed by atoms with Crippen LogP contribution in [0.5, 0.6) is 5.75 Å². The van der Waals surface area contributed by atoms with E-state index in [0.29, 0.717) is 11.3 Å². The fraction of sp³-hybridized carbons (Fsp3) is 0.115. The van der Waals surface area contributed by atoms with E-state index in [0.717, 1.165) is 14.7 Å². The van der Waals surface area contributed by atoms with Gasteiger partial charge in [-0.05, 0) is 76.5 Å². The van der Waals surface area contributed by atoms with Crippen LogP contribution < -0.4 is 10.1 Å². The summed E-state index contributed by atoms with van der Waals surface area (Å²) in [5, 5.41) is 21.3. The zero-order valence-corrected chi connectivity index (χ0v) is 19.9. The number of carbonyl (C=O) groups is 2. The van der Waals surface area contributed by atoms with E-state index in [2.05, 4.69) is 27.9 Å². The highest BCUT2D eigenvalue weighted by molar-refractivity contribution is 14.1. The Morgan fingerprint density at radius 3 is 2.42 bits per heavy atom. The van der Waals surface area contributed by atoms with Gasteiger partial charge in [0.05, 0.1) is 15.2 Å². The van der Waals surface area contributed by atoms with Gasteiger partial charge in [0.15, 0.2) is 0 Å². The normalized spacial score (nSPS) is 11.8. The van der Waals surface area contributed by atoms with Crippen molar-refractivity contribution in [1.29, 1.82) is 5.26 Å². The molecule has 0 saturated carbocycles. The second kappa shape index (κ2) is 11.3. The highest BCUT2D eigenvalue weighted by Crippen LogP contribution is 2.24. The molecule has 6 nitrogen and oxygen atoms in total. The first kappa shape index (κ1) is 24.0. The quantitative estimate of drug-likeness (QED) is 0.223. The van der Waals surface area contributed by atoms with Gasteiger partial charge in [0.1, 0.15) is 24.0 Å². The van der Waals surface area contributed by atoms with Crippen molar-refractivity contribution >= 4 is 40.5 Å². The number of rotatable bonds is 8. The maximum absolute atomic E-state index is 12.6. The Morgan fingerprint density at radius 2 is 1.82 bits per heavy atom. The Labute approximate surface area is 205 Å². The number of carboxylic acids is 1. The van der Waals surface area contributed by atoms with Gasteiger partial charge in [0.2, 0.25) is 0 Å². The fourth-order valence-electron chi connectivity index (χ4n) is 3.04. The molecule has 0 heterocycles. The molecule has 0 radical (unpaired) electrons. The van der Waals surface area contributed by atoms with E-state index in [4.69, 9.17) is 9.84 Å². The number of benzene rings is 3. The number of carbonyl (C=O) groups excluding carboxylic acids is 1. The van der Waals surface area contributed by atoms with Crippen LogP contribution in [0.3, 0.4) is 0 Å². The SMILES string of the molecule is C[C@H](NC(=O)/C(C#N)=C\c1ccc(OCc2ccc(C(=O)O)cc2)c(I)c1)c1ccccc1. The van der Waals surface area contributed by atoms with E-state index in [1.165, 1.54) is 12.1 Å². The average molecular weight is 552 g/mol. The van der Waals surface area contributed by atoms with Crippen molar-refractivity contribution in [2.75, 3.05) is 0 Å². The van der Waals surface area contributed by atoms with E-state index in [9.17, 15) is 14.9 Å². The number of carboxylic acid groups (broad SMARTS) is 1. The number of aromatic carboxylic acids is 1. The molecule has 3 rings (SSSR count). The van der Waals surface area contributed by atoms with Crippen LogP contribution in [0, 0.1) is 14.9 Å². The molecule has 3 aromatic rings. The van der Waals surface area contributed by atoms with Crippen LogP contribution >= 0.6 is 22.6 Å². The van der Waals surface area contributed by atoms with Crippen molar-refractivity contribution in [3.05, 3.63) is 104 Å². The summed E-state index contributed by atoms with van der Waals surface area (Å²) in [5.41, 5.74) is 2.74. The first-order valence-corrected chi connectivity index (χ1v) is 11.2. The second-order valence-electron chi connectivity index (χ2n) is 7.26. The first-order chi connectivity index (χ1) is 15.9. The topological polar surface area (TPSA) is 99.4 Å². The molecule has 0 aliphatic rings. The highest BCUT2D eigenvalue weighted by Gasteiger charge is 2.14. The predicted octanol–water partition coefficient (Wildman–Crippen LogP) is 5.35. The van der Waals surface area contributed by atoms with Crippen LogP contribution in [0.25, 0.3) is 6.08 Å². The molecule has 0 spiro atoms. The van der Waals surface area contributed by atoms with Gasteiger partial charge in [-0.15, -0.1) is 0 Å². The molecule has 0 aromatic heterocycles. The molecule has 0 aliphatic heterocycles. The van der Waals surface area contributed by atoms with Crippen molar-refractivity contribution in [3.63, 3.8) is 0 Å². The Balaban J connectivity index is 1.66. The molecule has 3 aromatic carbocycles. The lowest BCUT2D eigenvalue weighted by Gasteiger charge is -2.14. The summed E-state index contributed by atoms with van der Waals surface area (Å²) in [6.45, 7) is 2.15. The third-order valence-electron chi connectivity index (χ3n) is 4.87. The van der Waals surface area contributed by atoms with Gasteiger partial charge >= 0.3 is 5.97 Å². The van der Waals surface area contributed by atoms with Crippen LogP contribution in [0.2, 0.25) is 0 Å². The molecule has 0 aliphatic carbocycles. The third kappa shape index (κ3) is 6.67. The lowest BCUT2D eigenvalue weighted by Crippen LogP contribution is -2.27. The van der Waals surface area contributed by atoms with Gasteiger partial charge in [-0.1, -0.05) is 48.5 Å². The summed E-state index contributed by atoms with van der Waals surface area (Å²) in [6.07, 6.45) is 1.55. The second-order valence-corrected chi connectivity index (χ2v) is 8.42. The molecule has 0 bridgehead atoms. The van der Waals surface area contributed by atoms with E-state index >= 15 is 0 Å². The maximum atomic E-state index is 12.6. The van der Waals surface area contributed by atoms with Crippen molar-refractivity contribution < 1.29 is 19.4 Å². The third-order valence-corrected chi connectivity index (χ3v) is 5.72. The predicted molar refractivity (Wildman–Crippen MR) is 133 cm³/mol. The summed E-state index contributed by atoms with van der Waals surface area (Å²) in [5.74, 6) is -0.759. The molecule has 0 unspecified atom stereocenters.